The van der Waals surface area contributed by atoms with Crippen molar-refractivity contribution < 1.29 is 13.9 Å². The summed E-state index contributed by atoms with van der Waals surface area (Å²) in [4.78, 5) is 12.3. The first kappa shape index (κ1) is 16.7. The van der Waals surface area contributed by atoms with Gasteiger partial charge >= 0.3 is 0 Å². The molecule has 5 nitrogen and oxygen atoms in total. The summed E-state index contributed by atoms with van der Waals surface area (Å²) in [6, 6.07) is 15.5. The van der Waals surface area contributed by atoms with E-state index >= 15 is 0 Å². The molecule has 0 aliphatic rings. The van der Waals surface area contributed by atoms with E-state index in [1.807, 2.05) is 24.3 Å². The molecule has 0 fully saturated rings. The predicted octanol–water partition coefficient (Wildman–Crippen LogP) is 3.16. The molecule has 1 aromatic heterocycles. The molecule has 1 N–H and O–H groups in total. The third-order valence-electron chi connectivity index (χ3n) is 3.90. The van der Waals surface area contributed by atoms with Crippen molar-refractivity contribution in [2.24, 2.45) is 7.05 Å². The Kier molecular flexibility index (Phi) is 4.79. The lowest BCUT2D eigenvalue weighted by Gasteiger charge is -2.04. The minimum atomic E-state index is -0.349. The van der Waals surface area contributed by atoms with Gasteiger partial charge in [-0.1, -0.05) is 18.2 Å². The van der Waals surface area contributed by atoms with Crippen LogP contribution in [0.4, 0.5) is 4.39 Å². The molecule has 0 bridgehead atoms. The van der Waals surface area contributed by atoms with Crippen molar-refractivity contribution in [2.45, 2.75) is 6.54 Å². The summed E-state index contributed by atoms with van der Waals surface area (Å²) in [6.07, 6.45) is 0. The van der Waals surface area contributed by atoms with E-state index in [2.05, 4.69) is 10.4 Å². The lowest BCUT2D eigenvalue weighted by Crippen LogP contribution is -2.23. The Balaban J connectivity index is 1.74. The van der Waals surface area contributed by atoms with Crippen LogP contribution in [0.15, 0.2) is 54.6 Å². The maximum absolute atomic E-state index is 13.6. The quantitative estimate of drug-likeness (QED) is 0.777. The molecule has 128 valence electrons. The molecule has 0 aliphatic heterocycles. The number of hydrogen-bond acceptors (Lipinski definition) is 3. The summed E-state index contributed by atoms with van der Waals surface area (Å²) >= 11 is 0. The first-order valence-corrected chi connectivity index (χ1v) is 7.78. The molecule has 0 unspecified atom stereocenters. The van der Waals surface area contributed by atoms with Crippen molar-refractivity contribution >= 4 is 5.91 Å². The maximum Gasteiger partial charge on any atom is 0.272 e. The third kappa shape index (κ3) is 3.68. The summed E-state index contributed by atoms with van der Waals surface area (Å²) in [6.45, 7) is 0.111. The lowest BCUT2D eigenvalue weighted by molar-refractivity contribution is 0.0945. The Morgan fingerprint density at radius 2 is 1.92 bits per heavy atom. The predicted molar refractivity (Wildman–Crippen MR) is 92.8 cm³/mol. The number of aromatic nitrogens is 2. The zero-order valence-corrected chi connectivity index (χ0v) is 14.0. The highest BCUT2D eigenvalue weighted by atomic mass is 19.1. The van der Waals surface area contributed by atoms with E-state index in [0.717, 1.165) is 17.0 Å². The fourth-order valence-electron chi connectivity index (χ4n) is 2.52. The molecule has 0 aliphatic carbocycles. The van der Waals surface area contributed by atoms with Crippen molar-refractivity contribution in [1.82, 2.24) is 15.1 Å². The number of hydrogen-bond donors (Lipinski definition) is 1. The minimum absolute atomic E-state index is 0.111. The Bertz CT molecular complexity index is 888. The number of benzene rings is 2. The van der Waals surface area contributed by atoms with Gasteiger partial charge in [0.05, 0.1) is 12.8 Å². The van der Waals surface area contributed by atoms with E-state index < -0.39 is 0 Å². The smallest absolute Gasteiger partial charge is 0.272 e. The third-order valence-corrected chi connectivity index (χ3v) is 3.90. The van der Waals surface area contributed by atoms with E-state index in [1.165, 1.54) is 6.07 Å². The van der Waals surface area contributed by atoms with E-state index in [0.29, 0.717) is 5.56 Å². The van der Waals surface area contributed by atoms with Gasteiger partial charge in [0.2, 0.25) is 0 Å². The van der Waals surface area contributed by atoms with Gasteiger partial charge in [0.1, 0.15) is 11.6 Å². The average Bonchev–Trinajstić information content (AvgIpc) is 3.03. The summed E-state index contributed by atoms with van der Waals surface area (Å²) in [5.41, 5.74) is 2.44. The highest BCUT2D eigenvalue weighted by Gasteiger charge is 2.14. The lowest BCUT2D eigenvalue weighted by atomic mass is 10.1. The van der Waals surface area contributed by atoms with Gasteiger partial charge in [-0.25, -0.2) is 4.39 Å². The van der Waals surface area contributed by atoms with Crippen molar-refractivity contribution in [3.63, 3.8) is 0 Å². The number of methoxy groups -OCH3 is 1. The number of halogens is 1. The van der Waals surface area contributed by atoms with E-state index in [-0.39, 0.29) is 24.0 Å². The molecule has 1 amide bonds. The highest BCUT2D eigenvalue weighted by Crippen LogP contribution is 2.22. The van der Waals surface area contributed by atoms with Crippen molar-refractivity contribution in [3.8, 4) is 17.0 Å². The van der Waals surface area contributed by atoms with Crippen LogP contribution in [0.3, 0.4) is 0 Å². The Morgan fingerprint density at radius 3 is 2.60 bits per heavy atom. The van der Waals surface area contributed by atoms with Gasteiger partial charge in [-0.2, -0.15) is 5.10 Å². The SMILES string of the molecule is COc1ccc(-c2cc(C(=O)NCc3ccccc3F)nn2C)cc1. The number of aryl methyl sites for hydroxylation is 1. The van der Waals surface area contributed by atoms with Crippen molar-refractivity contribution in [1.29, 1.82) is 0 Å². The first-order valence-electron chi connectivity index (χ1n) is 7.78. The molecule has 0 atom stereocenters. The standard InChI is InChI=1S/C19H18FN3O2/c1-23-18(13-7-9-15(25-2)10-8-13)11-17(22-23)19(24)21-12-14-5-3-4-6-16(14)20/h3-11H,12H2,1-2H3,(H,21,24). The van der Waals surface area contributed by atoms with Crippen LogP contribution in [-0.2, 0) is 13.6 Å². The molecule has 3 rings (SSSR count). The van der Waals surface area contributed by atoms with Gasteiger partial charge in [0.25, 0.3) is 5.91 Å². The number of carbonyl (C=O) groups excluding carboxylic acids is 1. The molecule has 0 radical (unpaired) electrons. The zero-order valence-electron chi connectivity index (χ0n) is 14.0. The van der Waals surface area contributed by atoms with E-state index in [4.69, 9.17) is 4.74 Å². The monoisotopic (exact) mass is 339 g/mol. The van der Waals surface area contributed by atoms with Crippen LogP contribution in [0.25, 0.3) is 11.3 Å². The van der Waals surface area contributed by atoms with Crippen LogP contribution in [0.2, 0.25) is 0 Å². The van der Waals surface area contributed by atoms with Gasteiger partial charge < -0.3 is 10.1 Å². The fourth-order valence-corrected chi connectivity index (χ4v) is 2.52. The number of nitrogens with zero attached hydrogens (tertiary/aromatic N) is 2. The van der Waals surface area contributed by atoms with Gasteiger partial charge in [0, 0.05) is 24.7 Å². The van der Waals surface area contributed by atoms with Crippen LogP contribution >= 0.6 is 0 Å². The molecule has 0 saturated heterocycles. The minimum Gasteiger partial charge on any atom is -0.497 e. The van der Waals surface area contributed by atoms with Gasteiger partial charge in [-0.3, -0.25) is 9.48 Å². The summed E-state index contributed by atoms with van der Waals surface area (Å²) in [5.74, 6) is 0.0649. The summed E-state index contributed by atoms with van der Waals surface area (Å²) in [5, 5.41) is 6.94. The van der Waals surface area contributed by atoms with Crippen molar-refractivity contribution in [2.75, 3.05) is 7.11 Å². The Morgan fingerprint density at radius 1 is 1.20 bits per heavy atom. The molecule has 6 heteroatoms. The van der Waals surface area contributed by atoms with Crippen LogP contribution < -0.4 is 10.1 Å². The number of rotatable bonds is 5. The first-order chi connectivity index (χ1) is 12.1. The van der Waals surface area contributed by atoms with Gasteiger partial charge in [0.15, 0.2) is 5.69 Å². The Hall–Kier alpha value is -3.15. The van der Waals surface area contributed by atoms with Crippen molar-refractivity contribution in [3.05, 3.63) is 71.7 Å². The maximum atomic E-state index is 13.6. The number of ether oxygens (including phenoxy) is 1. The number of nitrogens with one attached hydrogen (secondary N) is 1. The Labute approximate surface area is 145 Å². The molecule has 0 spiro atoms. The van der Waals surface area contributed by atoms with E-state index in [9.17, 15) is 9.18 Å². The molecular formula is C19H18FN3O2. The zero-order chi connectivity index (χ0) is 17.8. The van der Waals surface area contributed by atoms with Gasteiger partial charge in [-0.05, 0) is 36.4 Å². The number of amides is 1. The molecule has 2 aromatic carbocycles. The van der Waals surface area contributed by atoms with Crippen LogP contribution in [0.5, 0.6) is 5.75 Å². The topological polar surface area (TPSA) is 56.1 Å². The summed E-state index contributed by atoms with van der Waals surface area (Å²) in [7, 11) is 3.38. The molecule has 0 saturated carbocycles. The second kappa shape index (κ2) is 7.17. The molecular weight excluding hydrogens is 321 g/mol. The molecule has 1 heterocycles. The second-order valence-corrected chi connectivity index (χ2v) is 5.54. The fraction of sp³-hybridized carbons (Fsp3) is 0.158. The molecule has 25 heavy (non-hydrogen) atoms. The van der Waals surface area contributed by atoms with Crippen LogP contribution in [-0.4, -0.2) is 22.8 Å². The van der Waals surface area contributed by atoms with Crippen LogP contribution in [0, 0.1) is 5.82 Å². The second-order valence-electron chi connectivity index (χ2n) is 5.54. The normalized spacial score (nSPS) is 10.5. The van der Waals surface area contributed by atoms with E-state index in [1.54, 1.807) is 43.1 Å². The summed E-state index contributed by atoms with van der Waals surface area (Å²) < 4.78 is 20.4. The number of carbonyl (C=O) groups is 1. The van der Waals surface area contributed by atoms with Crippen LogP contribution in [0.1, 0.15) is 16.1 Å². The molecule has 3 aromatic rings. The highest BCUT2D eigenvalue weighted by molar-refractivity contribution is 5.93. The average molecular weight is 339 g/mol. The largest absolute Gasteiger partial charge is 0.497 e. The van der Waals surface area contributed by atoms with Gasteiger partial charge in [-0.15, -0.1) is 0 Å².